The molecule has 1 aromatic heterocycles. The molecule has 8 nitrogen and oxygen atoms in total. The Hall–Kier alpha value is -2.78. The maximum Gasteiger partial charge on any atom is 0.312 e. The SMILES string of the molecule is C[NH+]1CCN(C(=O)C(=O)NC[C@@H](c2cccnc2)S(=O)(=O)c2ccccc2)CC1. The molecule has 9 heteroatoms. The number of hydrogen-bond donors (Lipinski definition) is 2. The van der Waals surface area contributed by atoms with E-state index in [-0.39, 0.29) is 11.4 Å². The van der Waals surface area contributed by atoms with Gasteiger partial charge < -0.3 is 15.1 Å². The summed E-state index contributed by atoms with van der Waals surface area (Å²) < 4.78 is 26.4. The Labute approximate surface area is 170 Å². The molecule has 0 radical (unpaired) electrons. The second-order valence-electron chi connectivity index (χ2n) is 7.09. The van der Waals surface area contributed by atoms with Crippen molar-refractivity contribution in [2.75, 3.05) is 39.8 Å². The molecule has 2 N–H and O–H groups in total. The van der Waals surface area contributed by atoms with Gasteiger partial charge >= 0.3 is 11.8 Å². The van der Waals surface area contributed by atoms with Crippen molar-refractivity contribution in [1.29, 1.82) is 0 Å². The fourth-order valence-corrected chi connectivity index (χ4v) is 4.91. The zero-order chi connectivity index (χ0) is 20.9. The number of nitrogens with zero attached hydrogens (tertiary/aromatic N) is 2. The molecule has 2 amide bonds. The van der Waals surface area contributed by atoms with Gasteiger partial charge in [-0.05, 0) is 23.8 Å². The summed E-state index contributed by atoms with van der Waals surface area (Å²) in [6.07, 6.45) is 3.01. The smallest absolute Gasteiger partial charge is 0.312 e. The number of piperazine rings is 1. The van der Waals surface area contributed by atoms with E-state index in [0.717, 1.165) is 13.1 Å². The first-order chi connectivity index (χ1) is 13.9. The van der Waals surface area contributed by atoms with Crippen LogP contribution in [0.5, 0.6) is 0 Å². The Bertz CT molecular complexity index is 943. The number of aromatic nitrogens is 1. The van der Waals surface area contributed by atoms with E-state index in [1.165, 1.54) is 28.1 Å². The van der Waals surface area contributed by atoms with E-state index in [9.17, 15) is 18.0 Å². The highest BCUT2D eigenvalue weighted by Gasteiger charge is 2.32. The molecule has 0 spiro atoms. The van der Waals surface area contributed by atoms with Gasteiger partial charge in [0.2, 0.25) is 0 Å². The molecule has 2 heterocycles. The highest BCUT2D eigenvalue weighted by Crippen LogP contribution is 2.27. The van der Waals surface area contributed by atoms with Gasteiger partial charge in [-0.15, -0.1) is 0 Å². The lowest BCUT2D eigenvalue weighted by Gasteiger charge is -2.29. The maximum atomic E-state index is 13.2. The number of pyridine rings is 1. The van der Waals surface area contributed by atoms with Crippen molar-refractivity contribution in [2.45, 2.75) is 10.1 Å². The van der Waals surface area contributed by atoms with Crippen LogP contribution in [0.25, 0.3) is 0 Å². The van der Waals surface area contributed by atoms with E-state index < -0.39 is 26.9 Å². The minimum atomic E-state index is -3.79. The van der Waals surface area contributed by atoms with Crippen LogP contribution in [0.4, 0.5) is 0 Å². The molecule has 1 aliphatic rings. The Balaban J connectivity index is 1.76. The van der Waals surface area contributed by atoms with Gasteiger partial charge in [0.05, 0.1) is 38.1 Å². The standard InChI is InChI=1S/C20H24N4O4S/c1-23-10-12-24(13-11-23)20(26)19(25)22-15-18(16-6-5-9-21-14-16)29(27,28)17-7-3-2-4-8-17/h2-9,14,18H,10-13,15H2,1H3,(H,22,25)/p+1/t18-/m0/s1. The van der Waals surface area contributed by atoms with Crippen LogP contribution in [0, 0.1) is 0 Å². The lowest BCUT2D eigenvalue weighted by molar-refractivity contribution is -0.883. The molecule has 0 saturated carbocycles. The number of rotatable bonds is 5. The first kappa shape index (κ1) is 20.9. The van der Waals surface area contributed by atoms with Crippen molar-refractivity contribution in [1.82, 2.24) is 15.2 Å². The summed E-state index contributed by atoms with van der Waals surface area (Å²) in [7, 11) is -1.75. The molecule has 29 heavy (non-hydrogen) atoms. The van der Waals surface area contributed by atoms with Gasteiger partial charge in [-0.3, -0.25) is 14.6 Å². The number of nitrogens with one attached hydrogen (secondary N) is 2. The molecular formula is C20H25N4O4S+. The van der Waals surface area contributed by atoms with Gasteiger partial charge in [0.25, 0.3) is 0 Å². The second kappa shape index (κ2) is 9.15. The number of sulfone groups is 1. The van der Waals surface area contributed by atoms with Crippen LogP contribution in [0.1, 0.15) is 10.8 Å². The van der Waals surface area contributed by atoms with Crippen molar-refractivity contribution in [3.8, 4) is 0 Å². The van der Waals surface area contributed by atoms with Gasteiger partial charge in [0.1, 0.15) is 5.25 Å². The molecule has 1 saturated heterocycles. The summed E-state index contributed by atoms with van der Waals surface area (Å²) in [4.78, 5) is 31.8. The minimum absolute atomic E-state index is 0.150. The monoisotopic (exact) mass is 417 g/mol. The van der Waals surface area contributed by atoms with Crippen LogP contribution in [0.2, 0.25) is 0 Å². The maximum absolute atomic E-state index is 13.2. The van der Waals surface area contributed by atoms with Crippen LogP contribution in [-0.4, -0.2) is 69.9 Å². The third kappa shape index (κ3) is 4.99. The van der Waals surface area contributed by atoms with E-state index in [2.05, 4.69) is 10.3 Å². The third-order valence-electron chi connectivity index (χ3n) is 5.05. The summed E-state index contributed by atoms with van der Waals surface area (Å²) in [6.45, 7) is 2.35. The van der Waals surface area contributed by atoms with E-state index in [4.69, 9.17) is 0 Å². The normalized spacial score (nSPS) is 16.2. The summed E-state index contributed by atoms with van der Waals surface area (Å²) in [5.74, 6) is -1.42. The Morgan fingerprint density at radius 1 is 1.14 bits per heavy atom. The van der Waals surface area contributed by atoms with Gasteiger partial charge in [-0.1, -0.05) is 24.3 Å². The van der Waals surface area contributed by atoms with Crippen LogP contribution >= 0.6 is 0 Å². The number of hydrogen-bond acceptors (Lipinski definition) is 5. The summed E-state index contributed by atoms with van der Waals surface area (Å²) >= 11 is 0. The second-order valence-corrected chi connectivity index (χ2v) is 9.22. The lowest BCUT2D eigenvalue weighted by atomic mass is 10.2. The lowest BCUT2D eigenvalue weighted by Crippen LogP contribution is -3.12. The van der Waals surface area contributed by atoms with Crippen LogP contribution in [0.15, 0.2) is 59.8 Å². The molecule has 1 aromatic carbocycles. The van der Waals surface area contributed by atoms with E-state index in [1.807, 2.05) is 7.05 Å². The third-order valence-corrected chi connectivity index (χ3v) is 7.17. The Morgan fingerprint density at radius 2 is 1.83 bits per heavy atom. The Kier molecular flexibility index (Phi) is 6.60. The average molecular weight is 418 g/mol. The topological polar surface area (TPSA) is 101 Å². The molecule has 0 aliphatic carbocycles. The van der Waals surface area contributed by atoms with E-state index in [0.29, 0.717) is 18.7 Å². The highest BCUT2D eigenvalue weighted by molar-refractivity contribution is 7.91. The van der Waals surface area contributed by atoms with E-state index in [1.54, 1.807) is 36.5 Å². The molecule has 1 fully saturated rings. The highest BCUT2D eigenvalue weighted by atomic mass is 32.2. The van der Waals surface area contributed by atoms with Crippen molar-refractivity contribution in [2.24, 2.45) is 0 Å². The quantitative estimate of drug-likeness (QED) is 0.612. The molecule has 0 unspecified atom stereocenters. The number of benzene rings is 1. The van der Waals surface area contributed by atoms with Gasteiger partial charge in [0.15, 0.2) is 9.84 Å². The average Bonchev–Trinajstić information content (AvgIpc) is 2.75. The molecule has 1 atom stereocenters. The number of carbonyl (C=O) groups is 2. The minimum Gasteiger partial charge on any atom is -0.346 e. The summed E-state index contributed by atoms with van der Waals surface area (Å²) in [5, 5.41) is 1.47. The Morgan fingerprint density at radius 3 is 2.45 bits per heavy atom. The number of amides is 2. The van der Waals surface area contributed by atoms with Gasteiger partial charge in [-0.25, -0.2) is 8.42 Å². The molecular weight excluding hydrogens is 392 g/mol. The van der Waals surface area contributed by atoms with Gasteiger partial charge in [-0.2, -0.15) is 0 Å². The number of quaternary nitrogens is 1. The molecule has 2 aromatic rings. The predicted molar refractivity (Wildman–Crippen MR) is 107 cm³/mol. The fraction of sp³-hybridized carbons (Fsp3) is 0.350. The summed E-state index contributed by atoms with van der Waals surface area (Å²) in [6, 6.07) is 11.3. The van der Waals surface area contributed by atoms with Crippen molar-refractivity contribution < 1.29 is 22.9 Å². The number of carbonyl (C=O) groups excluding carboxylic acids is 2. The number of likely N-dealkylation sites (N-methyl/N-ethyl adjacent to an activating group) is 1. The van der Waals surface area contributed by atoms with Crippen LogP contribution in [0.3, 0.4) is 0 Å². The fourth-order valence-electron chi connectivity index (χ4n) is 3.24. The molecule has 1 aliphatic heterocycles. The first-order valence-corrected chi connectivity index (χ1v) is 11.0. The largest absolute Gasteiger partial charge is 0.346 e. The van der Waals surface area contributed by atoms with Crippen molar-refractivity contribution in [3.63, 3.8) is 0 Å². The molecule has 0 bridgehead atoms. The first-order valence-electron chi connectivity index (χ1n) is 9.47. The van der Waals surface area contributed by atoms with Crippen molar-refractivity contribution in [3.05, 3.63) is 60.4 Å². The van der Waals surface area contributed by atoms with Gasteiger partial charge in [0, 0.05) is 18.9 Å². The van der Waals surface area contributed by atoms with E-state index >= 15 is 0 Å². The molecule has 154 valence electrons. The molecule has 3 rings (SSSR count). The van der Waals surface area contributed by atoms with Crippen LogP contribution in [-0.2, 0) is 19.4 Å². The van der Waals surface area contributed by atoms with Crippen LogP contribution < -0.4 is 10.2 Å². The summed E-state index contributed by atoms with van der Waals surface area (Å²) in [5.41, 5.74) is 0.451. The van der Waals surface area contributed by atoms with Crippen molar-refractivity contribution >= 4 is 21.7 Å². The zero-order valence-electron chi connectivity index (χ0n) is 16.2. The zero-order valence-corrected chi connectivity index (χ0v) is 17.1. The predicted octanol–water partition coefficient (Wildman–Crippen LogP) is -0.930.